The van der Waals surface area contributed by atoms with E-state index in [2.05, 4.69) is 15.3 Å². The second kappa shape index (κ2) is 6.66. The third kappa shape index (κ3) is 3.37. The lowest BCUT2D eigenvalue weighted by Crippen LogP contribution is -2.35. The van der Waals surface area contributed by atoms with E-state index in [4.69, 9.17) is 4.74 Å². The Morgan fingerprint density at radius 3 is 2.78 bits per heavy atom. The van der Waals surface area contributed by atoms with Gasteiger partial charge in [0.05, 0.1) is 29.2 Å². The van der Waals surface area contributed by atoms with E-state index in [9.17, 15) is 18.0 Å². The predicted molar refractivity (Wildman–Crippen MR) is 90.0 cm³/mol. The quantitative estimate of drug-likeness (QED) is 0.763. The maximum Gasteiger partial charge on any atom is 0.416 e. The first kappa shape index (κ1) is 17.5. The number of hydrogen-bond acceptors (Lipinski definition) is 4. The molecule has 0 radical (unpaired) electrons. The Bertz CT molecular complexity index is 985. The van der Waals surface area contributed by atoms with Crippen molar-refractivity contribution in [1.29, 1.82) is 0 Å². The number of rotatable bonds is 3. The van der Waals surface area contributed by atoms with E-state index in [-0.39, 0.29) is 30.6 Å². The number of pyridine rings is 1. The molecule has 0 aliphatic carbocycles. The number of hydrogen-bond donors (Lipinski definition) is 1. The molecule has 1 amide bonds. The van der Waals surface area contributed by atoms with E-state index >= 15 is 0 Å². The highest BCUT2D eigenvalue weighted by atomic mass is 19.4. The molecule has 1 N–H and O–H groups in total. The number of nitrogens with one attached hydrogen (secondary N) is 1. The molecule has 9 heteroatoms. The predicted octanol–water partition coefficient (Wildman–Crippen LogP) is 2.95. The van der Waals surface area contributed by atoms with Crippen molar-refractivity contribution in [1.82, 2.24) is 19.9 Å². The van der Waals surface area contributed by atoms with Gasteiger partial charge in [-0.2, -0.15) is 13.2 Å². The van der Waals surface area contributed by atoms with E-state index in [0.29, 0.717) is 23.5 Å². The summed E-state index contributed by atoms with van der Waals surface area (Å²) in [6.07, 6.45) is -1.37. The van der Waals surface area contributed by atoms with Crippen molar-refractivity contribution in [3.63, 3.8) is 0 Å². The lowest BCUT2D eigenvalue weighted by Gasteiger charge is -2.26. The summed E-state index contributed by atoms with van der Waals surface area (Å²) < 4.78 is 46.2. The number of halogens is 3. The number of amides is 1. The van der Waals surface area contributed by atoms with Crippen LogP contribution in [-0.2, 0) is 17.5 Å². The van der Waals surface area contributed by atoms with Crippen molar-refractivity contribution in [2.75, 3.05) is 13.2 Å². The maximum atomic E-state index is 12.9. The highest BCUT2D eigenvalue weighted by Gasteiger charge is 2.32. The molecular formula is C18H15F3N4O2. The molecule has 4 rings (SSSR count). The van der Waals surface area contributed by atoms with Gasteiger partial charge in [0.25, 0.3) is 5.91 Å². The molecular weight excluding hydrogens is 361 g/mol. The van der Waals surface area contributed by atoms with Crippen LogP contribution in [0.1, 0.15) is 27.8 Å². The molecule has 1 aromatic carbocycles. The van der Waals surface area contributed by atoms with Crippen LogP contribution in [0.25, 0.3) is 11.0 Å². The number of ether oxygens (including phenoxy) is 1. The van der Waals surface area contributed by atoms with Crippen molar-refractivity contribution in [2.45, 2.75) is 18.8 Å². The van der Waals surface area contributed by atoms with E-state index in [1.807, 2.05) is 4.57 Å². The molecule has 0 bridgehead atoms. The zero-order valence-corrected chi connectivity index (χ0v) is 14.0. The zero-order chi connectivity index (χ0) is 19.0. The lowest BCUT2D eigenvalue weighted by molar-refractivity contribution is -0.137. The number of imidazole rings is 1. The topological polar surface area (TPSA) is 69.0 Å². The molecule has 1 aliphatic heterocycles. The van der Waals surface area contributed by atoms with E-state index in [1.165, 1.54) is 18.5 Å². The van der Waals surface area contributed by atoms with Gasteiger partial charge in [-0.05, 0) is 30.3 Å². The first-order valence-electron chi connectivity index (χ1n) is 8.27. The van der Waals surface area contributed by atoms with E-state index < -0.39 is 11.7 Å². The van der Waals surface area contributed by atoms with Crippen molar-refractivity contribution >= 4 is 16.9 Å². The number of benzene rings is 1. The molecule has 6 nitrogen and oxygen atoms in total. The zero-order valence-electron chi connectivity index (χ0n) is 14.0. The normalized spacial score (nSPS) is 16.9. The van der Waals surface area contributed by atoms with Crippen LogP contribution in [0.5, 0.6) is 0 Å². The van der Waals surface area contributed by atoms with E-state index in [0.717, 1.165) is 12.1 Å². The fraction of sp³-hybridized carbons (Fsp3) is 0.278. The second-order valence-corrected chi connectivity index (χ2v) is 6.21. The van der Waals surface area contributed by atoms with Gasteiger partial charge in [-0.25, -0.2) is 4.98 Å². The summed E-state index contributed by atoms with van der Waals surface area (Å²) in [5, 5.41) is 2.82. The first-order chi connectivity index (χ1) is 12.9. The Morgan fingerprint density at radius 1 is 1.26 bits per heavy atom. The lowest BCUT2D eigenvalue weighted by atomic mass is 10.1. The van der Waals surface area contributed by atoms with Crippen molar-refractivity contribution in [2.24, 2.45) is 0 Å². The highest BCUT2D eigenvalue weighted by Crippen LogP contribution is 2.33. The average Bonchev–Trinajstić information content (AvgIpc) is 3.04. The van der Waals surface area contributed by atoms with Crippen LogP contribution in [0.2, 0.25) is 0 Å². The van der Waals surface area contributed by atoms with Gasteiger partial charge in [-0.15, -0.1) is 0 Å². The van der Waals surface area contributed by atoms with Crippen molar-refractivity contribution in [3.8, 4) is 0 Å². The molecule has 0 saturated carbocycles. The minimum atomic E-state index is -4.42. The van der Waals surface area contributed by atoms with Crippen molar-refractivity contribution in [3.05, 3.63) is 59.7 Å². The number of nitrogens with zero attached hydrogens (tertiary/aromatic N) is 3. The summed E-state index contributed by atoms with van der Waals surface area (Å²) in [6.45, 7) is 0.807. The number of carbonyl (C=O) groups is 1. The SMILES string of the molecule is O=C(NCC1COCc2nc3cc(C(F)(F)F)ccc3n21)c1ccncc1. The first-order valence-corrected chi connectivity index (χ1v) is 8.27. The molecule has 1 atom stereocenters. The monoisotopic (exact) mass is 376 g/mol. The Kier molecular flexibility index (Phi) is 4.31. The van der Waals surface area contributed by atoms with Gasteiger partial charge in [0.15, 0.2) is 0 Å². The summed E-state index contributed by atoms with van der Waals surface area (Å²) in [7, 11) is 0. The molecule has 3 heterocycles. The van der Waals surface area contributed by atoms with Gasteiger partial charge in [0.2, 0.25) is 0 Å². The van der Waals surface area contributed by atoms with Crippen LogP contribution < -0.4 is 5.32 Å². The molecule has 140 valence electrons. The maximum absolute atomic E-state index is 12.9. The summed E-state index contributed by atoms with van der Waals surface area (Å²) in [5.74, 6) is 0.284. The minimum Gasteiger partial charge on any atom is -0.371 e. The highest BCUT2D eigenvalue weighted by molar-refractivity contribution is 5.94. The molecule has 0 fully saturated rings. The second-order valence-electron chi connectivity index (χ2n) is 6.21. The van der Waals surface area contributed by atoms with Crippen molar-refractivity contribution < 1.29 is 22.7 Å². The summed E-state index contributed by atoms with van der Waals surface area (Å²) in [5.41, 5.74) is 0.585. The smallest absolute Gasteiger partial charge is 0.371 e. The molecule has 2 aromatic heterocycles. The molecule has 27 heavy (non-hydrogen) atoms. The minimum absolute atomic E-state index is 0.213. The average molecular weight is 376 g/mol. The molecule has 0 saturated heterocycles. The van der Waals surface area contributed by atoms with Crippen LogP contribution in [-0.4, -0.2) is 33.6 Å². The van der Waals surface area contributed by atoms with Crippen LogP contribution in [0, 0.1) is 0 Å². The van der Waals surface area contributed by atoms with Gasteiger partial charge >= 0.3 is 6.18 Å². The number of aromatic nitrogens is 3. The van der Waals surface area contributed by atoms with E-state index in [1.54, 1.807) is 12.1 Å². The van der Waals surface area contributed by atoms with Crippen LogP contribution in [0.15, 0.2) is 42.7 Å². The van der Waals surface area contributed by atoms with Crippen LogP contribution in [0.4, 0.5) is 13.2 Å². The fourth-order valence-corrected chi connectivity index (χ4v) is 3.16. The summed E-state index contributed by atoms with van der Waals surface area (Å²) in [4.78, 5) is 20.4. The number of fused-ring (bicyclic) bond motifs is 3. The van der Waals surface area contributed by atoms with Gasteiger partial charge in [-0.1, -0.05) is 0 Å². The van der Waals surface area contributed by atoms with Gasteiger partial charge < -0.3 is 14.6 Å². The third-order valence-corrected chi connectivity index (χ3v) is 4.44. The summed E-state index contributed by atoms with van der Waals surface area (Å²) >= 11 is 0. The fourth-order valence-electron chi connectivity index (χ4n) is 3.16. The third-order valence-electron chi connectivity index (χ3n) is 4.44. The van der Waals surface area contributed by atoms with Crippen LogP contribution in [0.3, 0.4) is 0 Å². The van der Waals surface area contributed by atoms with Crippen LogP contribution >= 0.6 is 0 Å². The Balaban J connectivity index is 1.60. The van der Waals surface area contributed by atoms with Gasteiger partial charge in [0.1, 0.15) is 12.4 Å². The molecule has 1 aliphatic rings. The Labute approximate surface area is 152 Å². The molecule has 3 aromatic rings. The Hall–Kier alpha value is -2.94. The number of alkyl halides is 3. The largest absolute Gasteiger partial charge is 0.416 e. The number of carbonyl (C=O) groups excluding carboxylic acids is 1. The van der Waals surface area contributed by atoms with Gasteiger partial charge in [0, 0.05) is 24.5 Å². The van der Waals surface area contributed by atoms with Gasteiger partial charge in [-0.3, -0.25) is 9.78 Å². The molecule has 1 unspecified atom stereocenters. The standard InChI is InChI=1S/C18H15F3N4O2/c19-18(20,21)12-1-2-15-14(7-12)24-16-10-27-9-13(25(15)16)8-23-17(26)11-3-5-22-6-4-11/h1-7,13H,8-10H2,(H,23,26). The summed E-state index contributed by atoms with van der Waals surface area (Å²) in [6, 6.07) is 6.43. The molecule has 0 spiro atoms. The Morgan fingerprint density at radius 2 is 2.04 bits per heavy atom.